The van der Waals surface area contributed by atoms with Gasteiger partial charge in [0.1, 0.15) is 22.3 Å². The Morgan fingerprint density at radius 3 is 1.16 bits per heavy atom. The predicted octanol–water partition coefficient (Wildman–Crippen LogP) is 13.7. The van der Waals surface area contributed by atoms with Crippen molar-refractivity contribution in [2.24, 2.45) is 0 Å². The molecule has 3 aromatic heterocycles. The minimum Gasteiger partial charge on any atom is -0.455 e. The third-order valence-corrected chi connectivity index (χ3v) is 10.6. The Labute approximate surface area is 322 Å². The number of benzene rings is 8. The molecular weight excluding hydrogens is 687 g/mol. The summed E-state index contributed by atoms with van der Waals surface area (Å²) in [4.78, 5) is 16.1. The Balaban J connectivity index is 1.26. The maximum Gasteiger partial charge on any atom is 0.167 e. The lowest BCUT2D eigenvalue weighted by Crippen LogP contribution is -2.03. The first kappa shape index (κ1) is 31.9. The number of furan rings is 2. The van der Waals surface area contributed by atoms with Crippen LogP contribution in [0.25, 0.3) is 111 Å². The number of para-hydroxylation sites is 4. The Kier molecular flexibility index (Phi) is 7.42. The van der Waals surface area contributed by atoms with Gasteiger partial charge in [0.05, 0.1) is 11.1 Å². The van der Waals surface area contributed by atoms with Crippen LogP contribution in [0.5, 0.6) is 0 Å². The first-order valence-electron chi connectivity index (χ1n) is 18.7. The van der Waals surface area contributed by atoms with Crippen molar-refractivity contribution in [3.05, 3.63) is 188 Å². The van der Waals surface area contributed by atoms with Crippen molar-refractivity contribution in [3.8, 4) is 67.5 Å². The van der Waals surface area contributed by atoms with Gasteiger partial charge >= 0.3 is 0 Å². The zero-order valence-corrected chi connectivity index (χ0v) is 30.1. The topological polar surface area (TPSA) is 65.0 Å². The van der Waals surface area contributed by atoms with Crippen LogP contribution in [-0.2, 0) is 0 Å². The van der Waals surface area contributed by atoms with Crippen molar-refractivity contribution in [1.29, 1.82) is 0 Å². The standard InChI is InChI=1S/C51H31N3O2/c1-4-16-32(17-5-1)35-30-42(33-18-6-2-7-19-33)46(43(31-35)34-20-8-3-9-21-34)51-53-49(40-26-14-24-38-36-22-10-12-28-44(36)55-47(38)40)52-50(54-51)41-27-15-25-39-37-23-11-13-29-45(37)56-48(39)41/h1-31H. The van der Waals surface area contributed by atoms with Crippen LogP contribution in [0, 0.1) is 0 Å². The molecule has 56 heavy (non-hydrogen) atoms. The Hall–Kier alpha value is -7.63. The van der Waals surface area contributed by atoms with Crippen LogP contribution in [0.3, 0.4) is 0 Å². The second-order valence-electron chi connectivity index (χ2n) is 13.9. The first-order chi connectivity index (χ1) is 27.8. The first-order valence-corrected chi connectivity index (χ1v) is 18.7. The number of aromatic nitrogens is 3. The van der Waals surface area contributed by atoms with Gasteiger partial charge in [0.2, 0.25) is 0 Å². The summed E-state index contributed by atoms with van der Waals surface area (Å²) in [5, 5.41) is 4.09. The van der Waals surface area contributed by atoms with Crippen molar-refractivity contribution < 1.29 is 8.83 Å². The molecule has 0 atom stereocenters. The number of hydrogen-bond acceptors (Lipinski definition) is 5. The van der Waals surface area contributed by atoms with Gasteiger partial charge in [-0.25, -0.2) is 15.0 Å². The van der Waals surface area contributed by atoms with Crippen LogP contribution in [0.15, 0.2) is 197 Å². The smallest absolute Gasteiger partial charge is 0.167 e. The second kappa shape index (κ2) is 13.0. The zero-order chi connectivity index (χ0) is 37.0. The summed E-state index contributed by atoms with van der Waals surface area (Å²) in [6.07, 6.45) is 0. The highest BCUT2D eigenvalue weighted by Gasteiger charge is 2.24. The molecule has 0 aliphatic carbocycles. The molecule has 0 saturated heterocycles. The monoisotopic (exact) mass is 717 g/mol. The van der Waals surface area contributed by atoms with E-state index in [-0.39, 0.29) is 0 Å². The lowest BCUT2D eigenvalue weighted by Gasteiger charge is -2.19. The van der Waals surface area contributed by atoms with E-state index in [0.29, 0.717) is 17.5 Å². The third kappa shape index (κ3) is 5.29. The molecule has 5 nitrogen and oxygen atoms in total. The summed E-state index contributed by atoms with van der Waals surface area (Å²) < 4.78 is 13.1. The van der Waals surface area contributed by atoms with E-state index >= 15 is 0 Å². The second-order valence-corrected chi connectivity index (χ2v) is 13.9. The maximum atomic E-state index is 6.57. The van der Waals surface area contributed by atoms with Gasteiger partial charge in [-0.2, -0.15) is 0 Å². The molecule has 0 radical (unpaired) electrons. The van der Waals surface area contributed by atoms with Crippen molar-refractivity contribution >= 4 is 43.9 Å². The van der Waals surface area contributed by atoms with Crippen LogP contribution < -0.4 is 0 Å². The SMILES string of the molecule is c1ccc(-c2cc(-c3ccccc3)c(-c3nc(-c4cccc5c4oc4ccccc45)nc(-c4cccc5c4oc4ccccc45)n3)c(-c3ccccc3)c2)cc1. The third-order valence-electron chi connectivity index (χ3n) is 10.6. The highest BCUT2D eigenvalue weighted by Crippen LogP contribution is 2.44. The van der Waals surface area contributed by atoms with Crippen molar-refractivity contribution in [3.63, 3.8) is 0 Å². The average Bonchev–Trinajstić information content (AvgIpc) is 3.85. The quantitative estimate of drug-likeness (QED) is 0.171. The van der Waals surface area contributed by atoms with Crippen LogP contribution >= 0.6 is 0 Å². The summed E-state index contributed by atoms with van der Waals surface area (Å²) in [5.41, 5.74) is 11.9. The van der Waals surface area contributed by atoms with Crippen LogP contribution in [0.4, 0.5) is 0 Å². The van der Waals surface area contributed by atoms with Gasteiger partial charge in [-0.1, -0.05) is 152 Å². The van der Waals surface area contributed by atoms with E-state index in [4.69, 9.17) is 23.8 Å². The van der Waals surface area contributed by atoms with Gasteiger partial charge in [-0.3, -0.25) is 0 Å². The molecule has 0 fully saturated rings. The number of rotatable bonds is 6. The Morgan fingerprint density at radius 2 is 0.679 bits per heavy atom. The van der Waals surface area contributed by atoms with E-state index in [0.717, 1.165) is 93.9 Å². The molecular formula is C51H31N3O2. The van der Waals surface area contributed by atoms with Crippen LogP contribution in [-0.4, -0.2) is 15.0 Å². The fraction of sp³-hybridized carbons (Fsp3) is 0. The van der Waals surface area contributed by atoms with Crippen molar-refractivity contribution in [2.75, 3.05) is 0 Å². The highest BCUT2D eigenvalue weighted by molar-refractivity contribution is 6.10. The van der Waals surface area contributed by atoms with Gasteiger partial charge in [-0.05, 0) is 69.8 Å². The molecule has 0 spiro atoms. The van der Waals surface area contributed by atoms with Crippen molar-refractivity contribution in [2.45, 2.75) is 0 Å². The van der Waals surface area contributed by atoms with Gasteiger partial charge in [0, 0.05) is 27.1 Å². The van der Waals surface area contributed by atoms with E-state index in [1.54, 1.807) is 0 Å². The predicted molar refractivity (Wildman–Crippen MR) is 227 cm³/mol. The Bertz CT molecular complexity index is 3050. The molecule has 8 aromatic carbocycles. The average molecular weight is 718 g/mol. The van der Waals surface area contributed by atoms with Crippen molar-refractivity contribution in [1.82, 2.24) is 15.0 Å². The Morgan fingerprint density at radius 1 is 0.286 bits per heavy atom. The molecule has 0 N–H and O–H groups in total. The molecule has 0 unspecified atom stereocenters. The molecule has 3 heterocycles. The minimum atomic E-state index is 0.507. The fourth-order valence-corrected chi connectivity index (χ4v) is 7.95. The van der Waals surface area contributed by atoms with Gasteiger partial charge in [0.15, 0.2) is 17.5 Å². The number of nitrogens with zero attached hydrogens (tertiary/aromatic N) is 3. The molecule has 11 aromatic rings. The normalized spacial score (nSPS) is 11.6. The summed E-state index contributed by atoms with van der Waals surface area (Å²) >= 11 is 0. The summed E-state index contributed by atoms with van der Waals surface area (Å²) in [6, 6.07) is 64.6. The van der Waals surface area contributed by atoms with Gasteiger partial charge in [0.25, 0.3) is 0 Å². The summed E-state index contributed by atoms with van der Waals surface area (Å²) in [5.74, 6) is 1.56. The number of hydrogen-bond donors (Lipinski definition) is 0. The molecule has 5 heteroatoms. The van der Waals surface area contributed by atoms with E-state index in [1.807, 2.05) is 78.9 Å². The van der Waals surface area contributed by atoms with E-state index in [2.05, 4.69) is 109 Å². The minimum absolute atomic E-state index is 0.507. The summed E-state index contributed by atoms with van der Waals surface area (Å²) in [7, 11) is 0. The van der Waals surface area contributed by atoms with Crippen LogP contribution in [0.2, 0.25) is 0 Å². The summed E-state index contributed by atoms with van der Waals surface area (Å²) in [6.45, 7) is 0. The lowest BCUT2D eigenvalue weighted by molar-refractivity contribution is 0.669. The lowest BCUT2D eigenvalue weighted by atomic mass is 9.87. The molecule has 0 aliphatic heterocycles. The molecule has 0 bridgehead atoms. The van der Waals surface area contributed by atoms with E-state index in [9.17, 15) is 0 Å². The largest absolute Gasteiger partial charge is 0.455 e. The zero-order valence-electron chi connectivity index (χ0n) is 30.1. The van der Waals surface area contributed by atoms with Crippen LogP contribution in [0.1, 0.15) is 0 Å². The number of fused-ring (bicyclic) bond motifs is 6. The maximum absolute atomic E-state index is 6.57. The molecule has 0 saturated carbocycles. The molecule has 0 amide bonds. The fourth-order valence-electron chi connectivity index (χ4n) is 7.95. The van der Waals surface area contributed by atoms with Gasteiger partial charge < -0.3 is 8.83 Å². The molecule has 11 rings (SSSR count). The molecule has 0 aliphatic rings. The van der Waals surface area contributed by atoms with E-state index < -0.39 is 0 Å². The van der Waals surface area contributed by atoms with Gasteiger partial charge in [-0.15, -0.1) is 0 Å². The highest BCUT2D eigenvalue weighted by atomic mass is 16.3. The van der Waals surface area contributed by atoms with E-state index in [1.165, 1.54) is 0 Å². The molecule has 262 valence electrons.